The van der Waals surface area contributed by atoms with Crippen LogP contribution in [0.1, 0.15) is 59.9 Å². The third-order valence-corrected chi connectivity index (χ3v) is 10.6. The van der Waals surface area contributed by atoms with Gasteiger partial charge in [0.1, 0.15) is 23.2 Å². The van der Waals surface area contributed by atoms with Crippen molar-refractivity contribution in [2.75, 3.05) is 6.54 Å². The summed E-state index contributed by atoms with van der Waals surface area (Å²) >= 11 is 0. The van der Waals surface area contributed by atoms with E-state index in [0.29, 0.717) is 0 Å². The first-order valence-corrected chi connectivity index (χ1v) is 18.8. The lowest BCUT2D eigenvalue weighted by Crippen LogP contribution is -2.60. The van der Waals surface area contributed by atoms with Crippen LogP contribution in [0.4, 0.5) is 4.79 Å². The third kappa shape index (κ3) is 8.82. The number of carbonyl (C=O) groups excluding carboxylic acids is 4. The van der Waals surface area contributed by atoms with Crippen molar-refractivity contribution in [3.8, 4) is 0 Å². The second-order valence-corrected chi connectivity index (χ2v) is 17.2. The number of sulfonamides is 1. The molecule has 13 heteroatoms. The van der Waals surface area contributed by atoms with Gasteiger partial charge in [-0.25, -0.2) is 17.9 Å². The Kier molecular flexibility index (Phi) is 10.9. The summed E-state index contributed by atoms with van der Waals surface area (Å²) in [5, 5.41) is 7.62. The van der Waals surface area contributed by atoms with Crippen LogP contribution in [0, 0.1) is 11.3 Å². The van der Waals surface area contributed by atoms with Gasteiger partial charge in [0.25, 0.3) is 15.9 Å². The van der Waals surface area contributed by atoms with Gasteiger partial charge in [-0.2, -0.15) is 0 Å². The number of carbonyl (C=O) groups is 4. The summed E-state index contributed by atoms with van der Waals surface area (Å²) in [4.78, 5) is 56.4. The van der Waals surface area contributed by atoms with Gasteiger partial charge >= 0.3 is 6.09 Å². The van der Waals surface area contributed by atoms with E-state index < -0.39 is 74.5 Å². The molecule has 3 aromatic carbocycles. The monoisotopic (exact) mass is 732 g/mol. The van der Waals surface area contributed by atoms with Gasteiger partial charge in [-0.3, -0.25) is 14.4 Å². The normalized spacial score (nSPS) is 22.3. The van der Waals surface area contributed by atoms with Crippen molar-refractivity contribution in [2.24, 2.45) is 11.3 Å². The maximum absolute atomic E-state index is 14.4. The molecule has 2 fully saturated rings. The highest BCUT2D eigenvalue weighted by atomic mass is 32.2. The number of nitrogens with one attached hydrogen (secondary N) is 3. The molecular formula is C39H48N4O8S. The van der Waals surface area contributed by atoms with Crippen molar-refractivity contribution in [2.45, 2.75) is 95.2 Å². The molecule has 278 valence electrons. The highest BCUT2D eigenvalue weighted by Crippen LogP contribution is 2.45. The standard InChI is InChI=1S/C39H48N4O8S/c1-8-28-22-39(28,35(46)42-52(48,49)30-16-10-9-11-17-30)41-33(44)31-21-29(50-24-25-18-19-26-14-12-13-15-27(26)20-25)23-43(31)34(45)32(37(2,3)4)40-36(47)51-38(5,6)7/h8-20,28-29,31-32H,1,21-24H2,2-7H3,(H,40,47)(H,41,44)(H,42,46)/t28-,29-,31+,32-,39+/m1/s1. The largest absolute Gasteiger partial charge is 0.444 e. The number of likely N-dealkylation sites (tertiary alicyclic amines) is 1. The number of hydrogen-bond donors (Lipinski definition) is 3. The molecule has 0 spiro atoms. The Hall–Kier alpha value is -4.75. The van der Waals surface area contributed by atoms with Gasteiger partial charge in [-0.05, 0) is 67.1 Å². The maximum atomic E-state index is 14.4. The maximum Gasteiger partial charge on any atom is 0.408 e. The smallest absolute Gasteiger partial charge is 0.408 e. The van der Waals surface area contributed by atoms with E-state index in [1.807, 2.05) is 42.5 Å². The summed E-state index contributed by atoms with van der Waals surface area (Å²) in [6, 6.07) is 19.1. The quantitative estimate of drug-likeness (QED) is 0.237. The van der Waals surface area contributed by atoms with E-state index in [0.717, 1.165) is 16.3 Å². The number of amides is 4. The highest BCUT2D eigenvalue weighted by Gasteiger charge is 2.61. The summed E-state index contributed by atoms with van der Waals surface area (Å²) in [6.45, 7) is 14.5. The molecule has 0 radical (unpaired) electrons. The molecule has 5 atom stereocenters. The van der Waals surface area contributed by atoms with Gasteiger partial charge in [-0.15, -0.1) is 6.58 Å². The fourth-order valence-electron chi connectivity index (χ4n) is 6.40. The zero-order valence-corrected chi connectivity index (χ0v) is 31.3. The van der Waals surface area contributed by atoms with Crippen LogP contribution in [0.3, 0.4) is 0 Å². The van der Waals surface area contributed by atoms with E-state index in [2.05, 4.69) is 21.9 Å². The Morgan fingerprint density at radius 1 is 0.962 bits per heavy atom. The zero-order chi connectivity index (χ0) is 38.1. The van der Waals surface area contributed by atoms with Crippen LogP contribution in [0.25, 0.3) is 10.8 Å². The van der Waals surface area contributed by atoms with Crippen LogP contribution >= 0.6 is 0 Å². The number of benzene rings is 3. The molecule has 5 rings (SSSR count). The van der Waals surface area contributed by atoms with Gasteiger partial charge in [0, 0.05) is 18.9 Å². The van der Waals surface area contributed by atoms with E-state index in [1.54, 1.807) is 47.6 Å². The second-order valence-electron chi connectivity index (χ2n) is 15.6. The Morgan fingerprint density at radius 3 is 2.23 bits per heavy atom. The van der Waals surface area contributed by atoms with Crippen LogP contribution in [0.15, 0.2) is 90.3 Å². The molecule has 52 heavy (non-hydrogen) atoms. The minimum atomic E-state index is -4.24. The first-order chi connectivity index (χ1) is 24.3. The van der Waals surface area contributed by atoms with E-state index in [4.69, 9.17) is 9.47 Å². The minimum absolute atomic E-state index is 0.0273. The molecular weight excluding hydrogens is 685 g/mol. The fourth-order valence-corrected chi connectivity index (χ4v) is 7.46. The van der Waals surface area contributed by atoms with Gasteiger partial charge in [0.05, 0.1) is 17.6 Å². The second kappa shape index (κ2) is 14.7. The van der Waals surface area contributed by atoms with E-state index in [-0.39, 0.29) is 30.9 Å². The molecule has 0 unspecified atom stereocenters. The molecule has 12 nitrogen and oxygen atoms in total. The molecule has 4 amide bonds. The predicted octanol–water partition coefficient (Wildman–Crippen LogP) is 4.83. The average molecular weight is 733 g/mol. The van der Waals surface area contributed by atoms with Crippen LogP contribution in [-0.4, -0.2) is 73.0 Å². The first-order valence-electron chi connectivity index (χ1n) is 17.3. The SMILES string of the molecule is C=C[C@@H]1C[C@@]1(NC(=O)[C@@H]1C[C@@H](OCc2ccc3ccccc3c2)CN1C(=O)[C@@H](NC(=O)OC(C)(C)C)C(C)(C)C)C(=O)NS(=O)(=O)c1ccccc1. The van der Waals surface area contributed by atoms with Gasteiger partial charge in [-0.1, -0.05) is 81.4 Å². The summed E-state index contributed by atoms with van der Waals surface area (Å²) in [5.41, 5.74) is -2.30. The lowest BCUT2D eigenvalue weighted by atomic mass is 9.85. The van der Waals surface area contributed by atoms with Crippen molar-refractivity contribution in [3.05, 3.63) is 91.0 Å². The number of rotatable bonds is 11. The van der Waals surface area contributed by atoms with E-state index in [1.165, 1.54) is 35.2 Å². The molecule has 1 heterocycles. The van der Waals surface area contributed by atoms with E-state index in [9.17, 15) is 27.6 Å². The fraction of sp³-hybridized carbons (Fsp3) is 0.436. The summed E-state index contributed by atoms with van der Waals surface area (Å²) < 4.78 is 40.0. The van der Waals surface area contributed by atoms with Gasteiger partial charge in [0.15, 0.2) is 0 Å². The van der Waals surface area contributed by atoms with Crippen molar-refractivity contribution in [1.29, 1.82) is 0 Å². The van der Waals surface area contributed by atoms with Crippen LogP contribution in [0.5, 0.6) is 0 Å². The Morgan fingerprint density at radius 2 is 1.62 bits per heavy atom. The lowest BCUT2D eigenvalue weighted by Gasteiger charge is -2.36. The average Bonchev–Trinajstić information content (AvgIpc) is 3.62. The van der Waals surface area contributed by atoms with Crippen molar-refractivity contribution in [3.63, 3.8) is 0 Å². The summed E-state index contributed by atoms with van der Waals surface area (Å²) in [7, 11) is -4.24. The Bertz CT molecular complexity index is 1950. The summed E-state index contributed by atoms with van der Waals surface area (Å²) in [6.07, 6.45) is 0.333. The van der Waals surface area contributed by atoms with Gasteiger partial charge < -0.3 is 25.0 Å². The molecule has 3 N–H and O–H groups in total. The minimum Gasteiger partial charge on any atom is -0.444 e. The number of ether oxygens (including phenoxy) is 2. The van der Waals surface area contributed by atoms with Crippen molar-refractivity contribution < 1.29 is 37.1 Å². The zero-order valence-electron chi connectivity index (χ0n) is 30.5. The van der Waals surface area contributed by atoms with Crippen molar-refractivity contribution in [1.82, 2.24) is 20.3 Å². The number of alkyl carbamates (subject to hydrolysis) is 1. The molecule has 1 aliphatic heterocycles. The van der Waals surface area contributed by atoms with Crippen molar-refractivity contribution >= 4 is 44.6 Å². The highest BCUT2D eigenvalue weighted by molar-refractivity contribution is 7.90. The molecule has 2 aliphatic rings. The van der Waals surface area contributed by atoms with Crippen LogP contribution in [-0.2, 0) is 40.5 Å². The van der Waals surface area contributed by atoms with Crippen LogP contribution in [0.2, 0.25) is 0 Å². The van der Waals surface area contributed by atoms with Gasteiger partial charge in [0.2, 0.25) is 11.8 Å². The van der Waals surface area contributed by atoms with E-state index >= 15 is 0 Å². The third-order valence-electron chi connectivity index (χ3n) is 9.25. The molecule has 1 aliphatic carbocycles. The molecule has 3 aromatic rings. The molecule has 1 saturated heterocycles. The topological polar surface area (TPSA) is 160 Å². The molecule has 0 aromatic heterocycles. The van der Waals surface area contributed by atoms with Crippen LogP contribution < -0.4 is 15.4 Å². The Labute approximate surface area is 305 Å². The molecule has 1 saturated carbocycles. The summed E-state index contributed by atoms with van der Waals surface area (Å²) in [5.74, 6) is -2.65. The predicted molar refractivity (Wildman–Crippen MR) is 196 cm³/mol. The first kappa shape index (κ1) is 38.5. The Balaban J connectivity index is 1.40. The lowest BCUT2D eigenvalue weighted by molar-refractivity contribution is -0.143. The molecule has 0 bridgehead atoms. The number of nitrogens with zero attached hydrogens (tertiary/aromatic N) is 1. The number of hydrogen-bond acceptors (Lipinski definition) is 8. The number of fused-ring (bicyclic) bond motifs is 1.